The summed E-state index contributed by atoms with van der Waals surface area (Å²) in [4.78, 5) is 10.7. The minimum Gasteiger partial charge on any atom is -0.481 e. The summed E-state index contributed by atoms with van der Waals surface area (Å²) in [7, 11) is 0. The van der Waals surface area contributed by atoms with Crippen LogP contribution in [0.15, 0.2) is 0 Å². The smallest absolute Gasteiger partial charge is 0.414 e. The Morgan fingerprint density at radius 2 is 2.06 bits per heavy atom. The fourth-order valence-electron chi connectivity index (χ4n) is 1.82. The van der Waals surface area contributed by atoms with Gasteiger partial charge in [0.1, 0.15) is 0 Å². The van der Waals surface area contributed by atoms with Crippen LogP contribution < -0.4 is 0 Å². The second-order valence-electron chi connectivity index (χ2n) is 4.29. The van der Waals surface area contributed by atoms with Crippen molar-refractivity contribution in [1.29, 1.82) is 0 Å². The monoisotopic (exact) mass is 256 g/mol. The maximum absolute atomic E-state index is 12.1. The molecular weight excluding hydrogens is 241 g/mol. The lowest BCUT2D eigenvalue weighted by atomic mass is 10.0. The average Bonchev–Trinajstić information content (AvgIpc) is 2.63. The predicted molar refractivity (Wildman–Crippen MR) is 51.4 cm³/mol. The van der Waals surface area contributed by atoms with Crippen LogP contribution in [0.3, 0.4) is 0 Å². The van der Waals surface area contributed by atoms with Crippen molar-refractivity contribution in [1.82, 2.24) is 0 Å². The van der Waals surface area contributed by atoms with Gasteiger partial charge in [-0.3, -0.25) is 4.79 Å². The summed E-state index contributed by atoms with van der Waals surface area (Å²) >= 11 is 0. The highest BCUT2D eigenvalue weighted by molar-refractivity contribution is 5.70. The number of carbonyl (C=O) groups is 1. The van der Waals surface area contributed by atoms with Crippen molar-refractivity contribution in [2.75, 3.05) is 0 Å². The molecule has 0 saturated carbocycles. The molecule has 1 aliphatic rings. The first-order chi connectivity index (χ1) is 7.71. The third kappa shape index (κ3) is 3.85. The maximum atomic E-state index is 12.1. The molecule has 0 radical (unpaired) electrons. The Hall–Kier alpha value is -0.820. The first-order valence-electron chi connectivity index (χ1n) is 5.35. The quantitative estimate of drug-likeness (QED) is 0.801. The Bertz CT molecular complexity index is 279. The molecule has 1 heterocycles. The number of hydrogen-bond acceptors (Lipinski definition) is 3. The van der Waals surface area contributed by atoms with E-state index in [1.807, 2.05) is 0 Å². The van der Waals surface area contributed by atoms with E-state index in [0.717, 1.165) is 0 Å². The highest BCUT2D eigenvalue weighted by Crippen LogP contribution is 2.31. The van der Waals surface area contributed by atoms with Gasteiger partial charge < -0.3 is 14.9 Å². The number of ether oxygens (including phenoxy) is 1. The lowest BCUT2D eigenvalue weighted by Gasteiger charge is -2.20. The zero-order chi connectivity index (χ0) is 13.2. The number of aliphatic hydroxyl groups excluding tert-OH is 1. The van der Waals surface area contributed by atoms with Crippen LogP contribution in [0.4, 0.5) is 13.2 Å². The van der Waals surface area contributed by atoms with E-state index in [4.69, 9.17) is 14.9 Å². The molecule has 100 valence electrons. The molecule has 4 atom stereocenters. The summed E-state index contributed by atoms with van der Waals surface area (Å²) < 4.78 is 41.5. The molecule has 17 heavy (non-hydrogen) atoms. The molecule has 1 saturated heterocycles. The van der Waals surface area contributed by atoms with E-state index in [0.29, 0.717) is 12.8 Å². The van der Waals surface area contributed by atoms with E-state index in [1.54, 1.807) is 0 Å². The van der Waals surface area contributed by atoms with Gasteiger partial charge >= 0.3 is 12.1 Å². The fraction of sp³-hybridized carbons (Fsp3) is 0.900. The van der Waals surface area contributed by atoms with Crippen molar-refractivity contribution in [3.63, 3.8) is 0 Å². The molecule has 0 amide bonds. The van der Waals surface area contributed by atoms with Gasteiger partial charge in [-0.1, -0.05) is 0 Å². The second-order valence-corrected chi connectivity index (χ2v) is 4.29. The topological polar surface area (TPSA) is 66.8 Å². The van der Waals surface area contributed by atoms with E-state index in [1.165, 1.54) is 6.92 Å². The molecule has 1 rings (SSSR count). The van der Waals surface area contributed by atoms with Gasteiger partial charge in [0.15, 0.2) is 6.10 Å². The Morgan fingerprint density at radius 1 is 1.47 bits per heavy atom. The standard InChI is InChI=1S/C10H15F3O4/c1-5(9(15)16)7-3-2-6(17-7)4-8(14)10(11,12)13/h5-8,14H,2-4H2,1H3,(H,15,16)/t5-,6+,7-,8-/m0/s1. The van der Waals surface area contributed by atoms with Gasteiger partial charge in [-0.2, -0.15) is 13.2 Å². The number of carboxylic acid groups (broad SMARTS) is 1. The summed E-state index contributed by atoms with van der Waals surface area (Å²) in [6.07, 6.45) is -8.15. The summed E-state index contributed by atoms with van der Waals surface area (Å²) in [6.45, 7) is 1.45. The summed E-state index contributed by atoms with van der Waals surface area (Å²) in [6, 6.07) is 0. The third-order valence-electron chi connectivity index (χ3n) is 2.95. The largest absolute Gasteiger partial charge is 0.481 e. The van der Waals surface area contributed by atoms with Crippen LogP contribution in [-0.4, -0.2) is 40.7 Å². The lowest BCUT2D eigenvalue weighted by molar-refractivity contribution is -0.212. The Balaban J connectivity index is 2.43. The number of aliphatic carboxylic acids is 1. The Morgan fingerprint density at radius 3 is 2.53 bits per heavy atom. The predicted octanol–water partition coefficient (Wildman–Crippen LogP) is 1.57. The summed E-state index contributed by atoms with van der Waals surface area (Å²) in [5.74, 6) is -1.78. The molecule has 0 aromatic heterocycles. The molecule has 2 N–H and O–H groups in total. The van der Waals surface area contributed by atoms with E-state index < -0.39 is 42.8 Å². The van der Waals surface area contributed by atoms with E-state index in [-0.39, 0.29) is 0 Å². The molecule has 0 spiro atoms. The highest BCUT2D eigenvalue weighted by Gasteiger charge is 2.42. The van der Waals surface area contributed by atoms with Crippen LogP contribution in [0.1, 0.15) is 26.2 Å². The SMILES string of the molecule is C[C@H](C(=O)O)[C@@H]1CC[C@H](C[C@H](O)C(F)(F)F)O1. The zero-order valence-electron chi connectivity index (χ0n) is 9.28. The van der Waals surface area contributed by atoms with Crippen molar-refractivity contribution in [2.24, 2.45) is 5.92 Å². The van der Waals surface area contributed by atoms with Gasteiger partial charge in [0, 0.05) is 6.42 Å². The van der Waals surface area contributed by atoms with Crippen molar-refractivity contribution in [3.8, 4) is 0 Å². The van der Waals surface area contributed by atoms with Crippen LogP contribution in [0.2, 0.25) is 0 Å². The van der Waals surface area contributed by atoms with E-state index in [9.17, 15) is 18.0 Å². The molecule has 4 nitrogen and oxygen atoms in total. The van der Waals surface area contributed by atoms with Gasteiger partial charge in [0.2, 0.25) is 0 Å². The van der Waals surface area contributed by atoms with Crippen LogP contribution in [0.5, 0.6) is 0 Å². The lowest BCUT2D eigenvalue weighted by Crippen LogP contribution is -2.33. The number of hydrogen-bond donors (Lipinski definition) is 2. The Labute approximate surface area is 96.4 Å². The van der Waals surface area contributed by atoms with Crippen molar-refractivity contribution >= 4 is 5.97 Å². The van der Waals surface area contributed by atoms with Crippen molar-refractivity contribution < 1.29 is 32.9 Å². The third-order valence-corrected chi connectivity index (χ3v) is 2.95. The number of halogens is 3. The molecule has 0 bridgehead atoms. The van der Waals surface area contributed by atoms with Crippen molar-refractivity contribution in [2.45, 2.75) is 50.7 Å². The first kappa shape index (κ1) is 14.2. The number of rotatable bonds is 4. The number of alkyl halides is 3. The molecule has 0 aromatic carbocycles. The minimum atomic E-state index is -4.65. The van der Waals surface area contributed by atoms with E-state index >= 15 is 0 Å². The van der Waals surface area contributed by atoms with Gasteiger partial charge in [0.05, 0.1) is 18.1 Å². The van der Waals surface area contributed by atoms with Gasteiger partial charge in [0.25, 0.3) is 0 Å². The second kappa shape index (κ2) is 5.22. The maximum Gasteiger partial charge on any atom is 0.414 e. The average molecular weight is 256 g/mol. The zero-order valence-corrected chi connectivity index (χ0v) is 9.28. The summed E-state index contributed by atoms with van der Waals surface area (Å²) in [5, 5.41) is 17.6. The first-order valence-corrected chi connectivity index (χ1v) is 5.35. The van der Waals surface area contributed by atoms with Crippen LogP contribution in [-0.2, 0) is 9.53 Å². The minimum absolute atomic E-state index is 0.343. The van der Waals surface area contributed by atoms with Gasteiger partial charge in [-0.05, 0) is 19.8 Å². The van der Waals surface area contributed by atoms with Crippen LogP contribution in [0, 0.1) is 5.92 Å². The van der Waals surface area contributed by atoms with Gasteiger partial charge in [-0.15, -0.1) is 0 Å². The van der Waals surface area contributed by atoms with Crippen molar-refractivity contribution in [3.05, 3.63) is 0 Å². The molecule has 0 unspecified atom stereocenters. The molecule has 0 aromatic rings. The number of carboxylic acids is 1. The van der Waals surface area contributed by atoms with Gasteiger partial charge in [-0.25, -0.2) is 0 Å². The Kier molecular flexibility index (Phi) is 4.37. The summed E-state index contributed by atoms with van der Waals surface area (Å²) in [5.41, 5.74) is 0. The molecule has 1 fully saturated rings. The fourth-order valence-corrected chi connectivity index (χ4v) is 1.82. The normalized spacial score (nSPS) is 29.0. The van der Waals surface area contributed by atoms with E-state index in [2.05, 4.69) is 0 Å². The highest BCUT2D eigenvalue weighted by atomic mass is 19.4. The molecule has 0 aliphatic carbocycles. The molecule has 7 heteroatoms. The molecule has 1 aliphatic heterocycles. The van der Waals surface area contributed by atoms with Crippen LogP contribution >= 0.6 is 0 Å². The number of aliphatic hydroxyl groups is 1. The van der Waals surface area contributed by atoms with Crippen LogP contribution in [0.25, 0.3) is 0 Å². The molecular formula is C10H15F3O4.